The number of halogens is 2. The number of rotatable bonds is 6. The zero-order valence-electron chi connectivity index (χ0n) is 11.2. The van der Waals surface area contributed by atoms with Gasteiger partial charge < -0.3 is 4.74 Å². The molecule has 0 saturated carbocycles. The molecule has 0 spiro atoms. The largest absolute Gasteiger partial charge is 0.462 e. The van der Waals surface area contributed by atoms with E-state index in [9.17, 15) is 13.2 Å². The van der Waals surface area contributed by atoms with E-state index in [1.165, 1.54) is 12.1 Å². The van der Waals surface area contributed by atoms with Crippen LogP contribution in [0.15, 0.2) is 23.1 Å². The van der Waals surface area contributed by atoms with Gasteiger partial charge in [0.15, 0.2) is 0 Å². The van der Waals surface area contributed by atoms with E-state index in [0.717, 1.165) is 18.9 Å². The van der Waals surface area contributed by atoms with Crippen molar-refractivity contribution in [2.75, 3.05) is 6.61 Å². The van der Waals surface area contributed by atoms with Crippen molar-refractivity contribution in [3.63, 3.8) is 0 Å². The van der Waals surface area contributed by atoms with Gasteiger partial charge in [0, 0.05) is 10.7 Å². The number of carbonyl (C=O) groups is 1. The van der Waals surface area contributed by atoms with Gasteiger partial charge in [-0.15, -0.1) is 0 Å². The summed E-state index contributed by atoms with van der Waals surface area (Å²) in [5.41, 5.74) is -0.00191. The topological polar surface area (TPSA) is 60.4 Å². The van der Waals surface area contributed by atoms with Crippen LogP contribution in [0.3, 0.4) is 0 Å². The van der Waals surface area contributed by atoms with Crippen molar-refractivity contribution in [2.24, 2.45) is 5.92 Å². The predicted molar refractivity (Wildman–Crippen MR) is 78.8 cm³/mol. The molecule has 112 valence electrons. The molecule has 0 heterocycles. The van der Waals surface area contributed by atoms with Crippen molar-refractivity contribution >= 4 is 37.3 Å². The Balaban J connectivity index is 2.77. The van der Waals surface area contributed by atoms with Gasteiger partial charge in [-0.25, -0.2) is 13.2 Å². The second kappa shape index (κ2) is 7.29. The normalized spacial score (nSPS) is 11.7. The maximum absolute atomic E-state index is 11.8. The third-order valence-corrected chi connectivity index (χ3v) is 4.28. The molecule has 0 unspecified atom stereocenters. The van der Waals surface area contributed by atoms with E-state index < -0.39 is 15.0 Å². The molecule has 0 fully saturated rings. The number of esters is 1. The fraction of sp³-hybridized carbons (Fsp3) is 0.462. The van der Waals surface area contributed by atoms with Crippen molar-refractivity contribution in [1.29, 1.82) is 0 Å². The minimum atomic E-state index is -3.91. The lowest BCUT2D eigenvalue weighted by molar-refractivity contribution is 0.0494. The third kappa shape index (κ3) is 5.31. The molecular formula is C13H16Cl2O4S. The highest BCUT2D eigenvalue weighted by atomic mass is 35.7. The molecule has 0 aliphatic carbocycles. The van der Waals surface area contributed by atoms with Crippen LogP contribution < -0.4 is 0 Å². The van der Waals surface area contributed by atoms with Crippen molar-refractivity contribution in [2.45, 2.75) is 31.6 Å². The van der Waals surface area contributed by atoms with E-state index in [1.807, 2.05) is 0 Å². The van der Waals surface area contributed by atoms with Crippen LogP contribution in [0.2, 0.25) is 5.02 Å². The fourth-order valence-electron chi connectivity index (χ4n) is 1.55. The summed E-state index contributed by atoms with van der Waals surface area (Å²) in [6.07, 6.45) is 1.69. The molecule has 0 bridgehead atoms. The summed E-state index contributed by atoms with van der Waals surface area (Å²) in [7, 11) is 1.32. The molecule has 0 saturated heterocycles. The van der Waals surface area contributed by atoms with Gasteiger partial charge in [-0.1, -0.05) is 25.4 Å². The molecule has 0 aliphatic heterocycles. The van der Waals surface area contributed by atoms with Gasteiger partial charge >= 0.3 is 5.97 Å². The Morgan fingerprint density at radius 3 is 2.55 bits per heavy atom. The third-order valence-electron chi connectivity index (χ3n) is 2.60. The van der Waals surface area contributed by atoms with Crippen LogP contribution in [-0.4, -0.2) is 21.0 Å². The Bertz CT molecular complexity index is 582. The first-order valence-corrected chi connectivity index (χ1v) is 8.82. The molecule has 0 aromatic heterocycles. The summed E-state index contributed by atoms with van der Waals surface area (Å²) < 4.78 is 27.5. The number of carbonyl (C=O) groups excluding carboxylic acids is 1. The van der Waals surface area contributed by atoms with Gasteiger partial charge in [-0.3, -0.25) is 0 Å². The van der Waals surface area contributed by atoms with Crippen molar-refractivity contribution in [1.82, 2.24) is 0 Å². The molecule has 7 heteroatoms. The first-order chi connectivity index (χ1) is 9.21. The summed E-state index contributed by atoms with van der Waals surface area (Å²) in [5, 5.41) is 0.128. The Hall–Kier alpha value is -0.780. The molecule has 1 rings (SSSR count). The average Bonchev–Trinajstić information content (AvgIpc) is 2.33. The number of benzene rings is 1. The predicted octanol–water partition coefficient (Wildman–Crippen LogP) is 3.86. The number of ether oxygens (including phenoxy) is 1. The fourth-order valence-corrected chi connectivity index (χ4v) is 2.52. The van der Waals surface area contributed by atoms with Crippen LogP contribution >= 0.6 is 22.3 Å². The SMILES string of the molecule is CC(C)CCCOC(=O)c1cc(S(=O)(=O)Cl)ccc1Cl. The van der Waals surface area contributed by atoms with Crippen molar-refractivity contribution in [3.05, 3.63) is 28.8 Å². The molecule has 0 amide bonds. The van der Waals surface area contributed by atoms with E-state index in [4.69, 9.17) is 27.0 Å². The van der Waals surface area contributed by atoms with E-state index in [0.29, 0.717) is 5.92 Å². The van der Waals surface area contributed by atoms with Crippen LogP contribution in [0.25, 0.3) is 0 Å². The first-order valence-electron chi connectivity index (χ1n) is 6.13. The highest BCUT2D eigenvalue weighted by Crippen LogP contribution is 2.23. The van der Waals surface area contributed by atoms with Crippen LogP contribution in [0.5, 0.6) is 0 Å². The standard InChI is InChI=1S/C13H16Cl2O4S/c1-9(2)4-3-7-19-13(16)11-8-10(20(15,17)18)5-6-12(11)14/h5-6,8-9H,3-4,7H2,1-2H3. The van der Waals surface area contributed by atoms with E-state index in [-0.39, 0.29) is 22.1 Å². The Labute approximate surface area is 128 Å². The monoisotopic (exact) mass is 338 g/mol. The summed E-state index contributed by atoms with van der Waals surface area (Å²) >= 11 is 5.87. The van der Waals surface area contributed by atoms with Crippen LogP contribution in [0.1, 0.15) is 37.0 Å². The second-order valence-electron chi connectivity index (χ2n) is 4.75. The van der Waals surface area contributed by atoms with Crippen molar-refractivity contribution in [3.8, 4) is 0 Å². The van der Waals surface area contributed by atoms with Crippen LogP contribution in [0.4, 0.5) is 0 Å². The Morgan fingerprint density at radius 2 is 2.00 bits per heavy atom. The van der Waals surface area contributed by atoms with Gasteiger partial charge in [-0.05, 0) is 37.0 Å². The van der Waals surface area contributed by atoms with Crippen LogP contribution in [0, 0.1) is 5.92 Å². The molecule has 0 atom stereocenters. The molecule has 20 heavy (non-hydrogen) atoms. The molecule has 0 aliphatic rings. The van der Waals surface area contributed by atoms with Gasteiger partial charge in [0.25, 0.3) is 9.05 Å². The molecule has 0 N–H and O–H groups in total. The lowest BCUT2D eigenvalue weighted by Crippen LogP contribution is -2.08. The van der Waals surface area contributed by atoms with E-state index >= 15 is 0 Å². The highest BCUT2D eigenvalue weighted by Gasteiger charge is 2.17. The van der Waals surface area contributed by atoms with Gasteiger partial charge in [0.1, 0.15) is 0 Å². The first kappa shape index (κ1) is 17.3. The maximum Gasteiger partial charge on any atom is 0.339 e. The summed E-state index contributed by atoms with van der Waals surface area (Å²) in [6.45, 7) is 4.42. The lowest BCUT2D eigenvalue weighted by Gasteiger charge is -2.08. The van der Waals surface area contributed by atoms with Crippen LogP contribution in [-0.2, 0) is 13.8 Å². The Morgan fingerprint density at radius 1 is 1.35 bits per heavy atom. The number of hydrogen-bond acceptors (Lipinski definition) is 4. The number of hydrogen-bond donors (Lipinski definition) is 0. The summed E-state index contributed by atoms with van der Waals surface area (Å²) in [4.78, 5) is 11.7. The van der Waals surface area contributed by atoms with Gasteiger partial charge in [0.05, 0.1) is 22.1 Å². The molecule has 0 radical (unpaired) electrons. The zero-order valence-corrected chi connectivity index (χ0v) is 13.6. The molecule has 4 nitrogen and oxygen atoms in total. The summed E-state index contributed by atoms with van der Waals surface area (Å²) in [5.74, 6) is -0.122. The van der Waals surface area contributed by atoms with Crippen molar-refractivity contribution < 1.29 is 17.9 Å². The zero-order chi connectivity index (χ0) is 15.3. The lowest BCUT2D eigenvalue weighted by atomic mass is 10.1. The second-order valence-corrected chi connectivity index (χ2v) is 7.72. The molecule has 1 aromatic carbocycles. The van der Waals surface area contributed by atoms with E-state index in [2.05, 4.69) is 13.8 Å². The van der Waals surface area contributed by atoms with Gasteiger partial charge in [-0.2, -0.15) is 0 Å². The van der Waals surface area contributed by atoms with E-state index in [1.54, 1.807) is 0 Å². The maximum atomic E-state index is 11.8. The average molecular weight is 339 g/mol. The Kier molecular flexibility index (Phi) is 6.30. The molecule has 1 aromatic rings. The quantitative estimate of drug-likeness (QED) is 0.449. The molecular weight excluding hydrogens is 323 g/mol. The minimum absolute atomic E-state index is 0.00191. The smallest absolute Gasteiger partial charge is 0.339 e. The highest BCUT2D eigenvalue weighted by molar-refractivity contribution is 8.13. The minimum Gasteiger partial charge on any atom is -0.462 e. The summed E-state index contributed by atoms with van der Waals surface area (Å²) in [6, 6.07) is 3.66. The van der Waals surface area contributed by atoms with Gasteiger partial charge in [0.2, 0.25) is 0 Å².